The van der Waals surface area contributed by atoms with Gasteiger partial charge in [-0.15, -0.1) is 0 Å². The second kappa shape index (κ2) is 6.95. The minimum atomic E-state index is 0.365. The van der Waals surface area contributed by atoms with E-state index in [1.807, 2.05) is 6.07 Å². The Morgan fingerprint density at radius 1 is 1.15 bits per heavy atom. The lowest BCUT2D eigenvalue weighted by molar-refractivity contribution is 0.0338. The smallest absolute Gasteiger partial charge is 0.130 e. The monoisotopic (exact) mass is 279 g/mol. The molecule has 0 aromatic heterocycles. The second-order valence-electron chi connectivity index (χ2n) is 5.42. The summed E-state index contributed by atoms with van der Waals surface area (Å²) in [6.45, 7) is 8.82. The molecule has 1 heterocycles. The van der Waals surface area contributed by atoms with Gasteiger partial charge >= 0.3 is 0 Å². The highest BCUT2D eigenvalue weighted by Gasteiger charge is 2.20. The van der Waals surface area contributed by atoms with Gasteiger partial charge in [-0.1, -0.05) is 19.9 Å². The van der Waals surface area contributed by atoms with Crippen LogP contribution in [-0.2, 0) is 11.3 Å². The molecule has 1 aliphatic rings. The van der Waals surface area contributed by atoms with E-state index in [1.165, 1.54) is 5.56 Å². The maximum Gasteiger partial charge on any atom is 0.130 e. The molecule has 20 heavy (non-hydrogen) atoms. The first-order valence-corrected chi connectivity index (χ1v) is 7.21. The van der Waals surface area contributed by atoms with Gasteiger partial charge in [-0.3, -0.25) is 4.90 Å². The molecule has 1 fully saturated rings. The Bertz CT molecular complexity index is 440. The Labute approximate surface area is 121 Å². The lowest BCUT2D eigenvalue weighted by Crippen LogP contribution is -2.35. The molecule has 2 rings (SSSR count). The van der Waals surface area contributed by atoms with Crippen LogP contribution >= 0.6 is 0 Å². The van der Waals surface area contributed by atoms with Gasteiger partial charge in [0.2, 0.25) is 0 Å². The predicted octanol–water partition coefficient (Wildman–Crippen LogP) is 2.66. The van der Waals surface area contributed by atoms with Gasteiger partial charge in [-0.25, -0.2) is 0 Å². The van der Waals surface area contributed by atoms with Gasteiger partial charge in [0, 0.05) is 30.8 Å². The fourth-order valence-electron chi connectivity index (χ4n) is 2.72. The van der Waals surface area contributed by atoms with Crippen LogP contribution in [0.15, 0.2) is 12.1 Å². The number of nitrogens with zero attached hydrogens (tertiary/aromatic N) is 1. The van der Waals surface area contributed by atoms with Gasteiger partial charge in [-0.2, -0.15) is 0 Å². The van der Waals surface area contributed by atoms with Crippen molar-refractivity contribution >= 4 is 0 Å². The van der Waals surface area contributed by atoms with Crippen LogP contribution in [0.2, 0.25) is 0 Å². The average Bonchev–Trinajstić information content (AvgIpc) is 2.47. The summed E-state index contributed by atoms with van der Waals surface area (Å²) < 4.78 is 16.6. The van der Waals surface area contributed by atoms with E-state index in [0.717, 1.165) is 49.9 Å². The van der Waals surface area contributed by atoms with Crippen molar-refractivity contribution in [1.29, 1.82) is 0 Å². The summed E-state index contributed by atoms with van der Waals surface area (Å²) in [5.41, 5.74) is 2.37. The van der Waals surface area contributed by atoms with E-state index in [9.17, 15) is 0 Å². The van der Waals surface area contributed by atoms with E-state index in [4.69, 9.17) is 14.2 Å². The van der Waals surface area contributed by atoms with E-state index in [-0.39, 0.29) is 0 Å². The molecule has 0 spiro atoms. The van der Waals surface area contributed by atoms with E-state index in [1.54, 1.807) is 14.2 Å². The van der Waals surface area contributed by atoms with E-state index in [0.29, 0.717) is 5.92 Å². The molecule has 0 atom stereocenters. The van der Waals surface area contributed by atoms with Crippen LogP contribution < -0.4 is 9.47 Å². The minimum Gasteiger partial charge on any atom is -0.496 e. The highest BCUT2D eigenvalue weighted by Crippen LogP contribution is 2.38. The van der Waals surface area contributed by atoms with Crippen LogP contribution in [0.25, 0.3) is 0 Å². The van der Waals surface area contributed by atoms with Crippen molar-refractivity contribution in [2.24, 2.45) is 0 Å². The zero-order chi connectivity index (χ0) is 14.5. The van der Waals surface area contributed by atoms with Crippen LogP contribution in [0.3, 0.4) is 0 Å². The zero-order valence-electron chi connectivity index (χ0n) is 12.9. The topological polar surface area (TPSA) is 30.9 Å². The Kier molecular flexibility index (Phi) is 5.26. The fourth-order valence-corrected chi connectivity index (χ4v) is 2.72. The molecule has 0 unspecified atom stereocenters. The van der Waals surface area contributed by atoms with Gasteiger partial charge in [0.15, 0.2) is 0 Å². The van der Waals surface area contributed by atoms with Crippen molar-refractivity contribution in [3.05, 3.63) is 23.3 Å². The molecule has 4 nitrogen and oxygen atoms in total. The molecule has 0 amide bonds. The van der Waals surface area contributed by atoms with E-state index < -0.39 is 0 Å². The SMILES string of the molecule is COc1ccc(CN2CCOCC2)c(OC)c1C(C)C. The number of rotatable bonds is 5. The van der Waals surface area contributed by atoms with Gasteiger partial charge in [0.05, 0.1) is 27.4 Å². The molecule has 0 saturated carbocycles. The first-order chi connectivity index (χ1) is 9.67. The molecular formula is C16H25NO3. The first-order valence-electron chi connectivity index (χ1n) is 7.21. The van der Waals surface area contributed by atoms with Gasteiger partial charge in [-0.05, 0) is 12.0 Å². The third-order valence-electron chi connectivity index (χ3n) is 3.74. The summed E-state index contributed by atoms with van der Waals surface area (Å²) >= 11 is 0. The summed E-state index contributed by atoms with van der Waals surface area (Å²) in [4.78, 5) is 2.40. The van der Waals surface area contributed by atoms with Crippen LogP contribution in [0.1, 0.15) is 30.9 Å². The fraction of sp³-hybridized carbons (Fsp3) is 0.625. The van der Waals surface area contributed by atoms with Crippen molar-refractivity contribution in [3.63, 3.8) is 0 Å². The summed E-state index contributed by atoms with van der Waals surface area (Å²) in [6, 6.07) is 4.16. The Balaban J connectivity index is 2.30. The standard InChI is InChI=1S/C16H25NO3/c1-12(2)15-14(18-3)6-5-13(16(15)19-4)11-17-7-9-20-10-8-17/h5-6,12H,7-11H2,1-4H3. The normalized spacial score (nSPS) is 16.4. The zero-order valence-corrected chi connectivity index (χ0v) is 12.9. The molecule has 1 saturated heterocycles. The predicted molar refractivity (Wildman–Crippen MR) is 79.7 cm³/mol. The average molecular weight is 279 g/mol. The minimum absolute atomic E-state index is 0.365. The quantitative estimate of drug-likeness (QED) is 0.829. The molecular weight excluding hydrogens is 254 g/mol. The van der Waals surface area contributed by atoms with Crippen LogP contribution in [0.4, 0.5) is 0 Å². The van der Waals surface area contributed by atoms with Crippen LogP contribution in [-0.4, -0.2) is 45.4 Å². The number of hydrogen-bond donors (Lipinski definition) is 0. The largest absolute Gasteiger partial charge is 0.496 e. The summed E-state index contributed by atoms with van der Waals surface area (Å²) in [7, 11) is 3.45. The molecule has 0 radical (unpaired) electrons. The second-order valence-corrected chi connectivity index (χ2v) is 5.42. The summed E-state index contributed by atoms with van der Waals surface area (Å²) in [5, 5.41) is 0. The molecule has 1 aromatic carbocycles. The van der Waals surface area contributed by atoms with Crippen molar-refractivity contribution in [3.8, 4) is 11.5 Å². The van der Waals surface area contributed by atoms with Crippen molar-refractivity contribution in [2.45, 2.75) is 26.3 Å². The number of benzene rings is 1. The van der Waals surface area contributed by atoms with Crippen LogP contribution in [0, 0.1) is 0 Å². The van der Waals surface area contributed by atoms with E-state index in [2.05, 4.69) is 24.8 Å². The number of morpholine rings is 1. The molecule has 0 N–H and O–H groups in total. The molecule has 112 valence electrons. The maximum atomic E-state index is 5.68. The van der Waals surface area contributed by atoms with Gasteiger partial charge in [0.25, 0.3) is 0 Å². The maximum absolute atomic E-state index is 5.68. The van der Waals surface area contributed by atoms with Gasteiger partial charge < -0.3 is 14.2 Å². The molecule has 1 aliphatic heterocycles. The Morgan fingerprint density at radius 2 is 1.85 bits per heavy atom. The molecule has 0 aliphatic carbocycles. The lowest BCUT2D eigenvalue weighted by atomic mass is 9.97. The third-order valence-corrected chi connectivity index (χ3v) is 3.74. The summed E-state index contributed by atoms with van der Waals surface area (Å²) in [5.74, 6) is 2.23. The van der Waals surface area contributed by atoms with Crippen LogP contribution in [0.5, 0.6) is 11.5 Å². The Hall–Kier alpha value is -1.26. The van der Waals surface area contributed by atoms with Crippen molar-refractivity contribution in [2.75, 3.05) is 40.5 Å². The lowest BCUT2D eigenvalue weighted by Gasteiger charge is -2.28. The van der Waals surface area contributed by atoms with Crippen molar-refractivity contribution in [1.82, 2.24) is 4.90 Å². The third kappa shape index (κ3) is 3.25. The highest BCUT2D eigenvalue weighted by atomic mass is 16.5. The number of methoxy groups -OCH3 is 2. The summed E-state index contributed by atoms with van der Waals surface area (Å²) in [6.07, 6.45) is 0. The molecule has 4 heteroatoms. The van der Waals surface area contributed by atoms with Gasteiger partial charge in [0.1, 0.15) is 11.5 Å². The number of hydrogen-bond acceptors (Lipinski definition) is 4. The molecule has 1 aromatic rings. The number of ether oxygens (including phenoxy) is 3. The first kappa shape index (κ1) is 15.1. The molecule has 0 bridgehead atoms. The van der Waals surface area contributed by atoms with Crippen molar-refractivity contribution < 1.29 is 14.2 Å². The highest BCUT2D eigenvalue weighted by molar-refractivity contribution is 5.51. The Morgan fingerprint density at radius 3 is 2.40 bits per heavy atom. The van der Waals surface area contributed by atoms with E-state index >= 15 is 0 Å².